The van der Waals surface area contributed by atoms with E-state index in [2.05, 4.69) is 10.1 Å². The summed E-state index contributed by atoms with van der Waals surface area (Å²) >= 11 is 0. The van der Waals surface area contributed by atoms with Gasteiger partial charge in [-0.3, -0.25) is 0 Å². The van der Waals surface area contributed by atoms with Crippen LogP contribution in [0.5, 0.6) is 0 Å². The maximum Gasteiger partial charge on any atom is 0.246 e. The minimum atomic E-state index is -0.460. The molecular formula is C12H14FN3O2. The first-order valence-electron chi connectivity index (χ1n) is 5.46. The van der Waals surface area contributed by atoms with Crippen molar-refractivity contribution in [2.45, 2.75) is 13.0 Å². The number of hydrogen-bond donors (Lipinski definition) is 1. The molecule has 1 atom stereocenters. The minimum absolute atomic E-state index is 0.265. The van der Waals surface area contributed by atoms with Crippen LogP contribution in [-0.4, -0.2) is 23.9 Å². The number of rotatable bonds is 4. The molecule has 0 spiro atoms. The van der Waals surface area contributed by atoms with Gasteiger partial charge in [0.15, 0.2) is 0 Å². The fourth-order valence-electron chi connectivity index (χ4n) is 1.54. The SMILES string of the molecule is COCC(N)c1nc(-c2ccc(F)c(C)c2)no1. The van der Waals surface area contributed by atoms with Crippen molar-refractivity contribution < 1.29 is 13.7 Å². The van der Waals surface area contributed by atoms with Gasteiger partial charge in [0, 0.05) is 12.7 Å². The molecule has 0 aliphatic rings. The van der Waals surface area contributed by atoms with Gasteiger partial charge in [0.1, 0.15) is 11.9 Å². The van der Waals surface area contributed by atoms with E-state index in [4.69, 9.17) is 15.0 Å². The van der Waals surface area contributed by atoms with Gasteiger partial charge in [0.2, 0.25) is 11.7 Å². The van der Waals surface area contributed by atoms with Crippen molar-refractivity contribution in [3.63, 3.8) is 0 Å². The summed E-state index contributed by atoms with van der Waals surface area (Å²) in [6.45, 7) is 1.97. The number of nitrogens with zero attached hydrogens (tertiary/aromatic N) is 2. The smallest absolute Gasteiger partial charge is 0.246 e. The molecular weight excluding hydrogens is 237 g/mol. The maximum absolute atomic E-state index is 13.1. The third-order valence-corrected chi connectivity index (χ3v) is 2.52. The summed E-state index contributed by atoms with van der Waals surface area (Å²) in [5, 5.41) is 3.82. The summed E-state index contributed by atoms with van der Waals surface area (Å²) in [7, 11) is 1.54. The van der Waals surface area contributed by atoms with Crippen molar-refractivity contribution in [3.05, 3.63) is 35.5 Å². The molecule has 1 unspecified atom stereocenters. The first kappa shape index (κ1) is 12.7. The van der Waals surface area contributed by atoms with Gasteiger partial charge in [-0.05, 0) is 30.7 Å². The third-order valence-electron chi connectivity index (χ3n) is 2.52. The van der Waals surface area contributed by atoms with Crippen LogP contribution in [0.4, 0.5) is 4.39 Å². The van der Waals surface area contributed by atoms with E-state index in [0.29, 0.717) is 29.4 Å². The van der Waals surface area contributed by atoms with E-state index in [1.165, 1.54) is 6.07 Å². The van der Waals surface area contributed by atoms with E-state index in [1.54, 1.807) is 26.2 Å². The zero-order valence-electron chi connectivity index (χ0n) is 10.2. The summed E-state index contributed by atoms with van der Waals surface area (Å²) in [4.78, 5) is 4.16. The van der Waals surface area contributed by atoms with Crippen LogP contribution in [0, 0.1) is 12.7 Å². The number of hydrogen-bond acceptors (Lipinski definition) is 5. The Bertz CT molecular complexity index is 542. The lowest BCUT2D eigenvalue weighted by atomic mass is 10.1. The molecule has 0 aliphatic heterocycles. The zero-order valence-corrected chi connectivity index (χ0v) is 10.2. The molecule has 0 radical (unpaired) electrons. The van der Waals surface area contributed by atoms with Crippen molar-refractivity contribution in [1.82, 2.24) is 10.1 Å². The Morgan fingerprint density at radius 2 is 2.28 bits per heavy atom. The number of nitrogens with two attached hydrogens (primary N) is 1. The van der Waals surface area contributed by atoms with Crippen LogP contribution in [-0.2, 0) is 4.74 Å². The van der Waals surface area contributed by atoms with Gasteiger partial charge >= 0.3 is 0 Å². The second-order valence-electron chi connectivity index (χ2n) is 3.98. The first-order valence-corrected chi connectivity index (χ1v) is 5.46. The fourth-order valence-corrected chi connectivity index (χ4v) is 1.54. The molecule has 5 nitrogen and oxygen atoms in total. The third kappa shape index (κ3) is 2.55. The van der Waals surface area contributed by atoms with Crippen molar-refractivity contribution in [3.8, 4) is 11.4 Å². The van der Waals surface area contributed by atoms with Crippen LogP contribution >= 0.6 is 0 Å². The predicted octanol–water partition coefficient (Wildman–Crippen LogP) is 1.83. The van der Waals surface area contributed by atoms with Gasteiger partial charge in [-0.15, -0.1) is 0 Å². The Morgan fingerprint density at radius 1 is 1.50 bits per heavy atom. The number of ether oxygens (including phenoxy) is 1. The van der Waals surface area contributed by atoms with Crippen molar-refractivity contribution in [2.75, 3.05) is 13.7 Å². The molecule has 0 saturated heterocycles. The molecule has 0 amide bonds. The van der Waals surface area contributed by atoms with Crippen molar-refractivity contribution >= 4 is 0 Å². The standard InChI is InChI=1S/C12H14FN3O2/c1-7-5-8(3-4-9(7)13)11-15-12(18-16-11)10(14)6-17-2/h3-5,10H,6,14H2,1-2H3. The average Bonchev–Trinajstić information content (AvgIpc) is 2.82. The van der Waals surface area contributed by atoms with Crippen LogP contribution < -0.4 is 5.73 Å². The minimum Gasteiger partial charge on any atom is -0.383 e. The molecule has 6 heteroatoms. The monoisotopic (exact) mass is 251 g/mol. The Kier molecular flexibility index (Phi) is 3.69. The number of methoxy groups -OCH3 is 1. The van der Waals surface area contributed by atoms with Crippen LogP contribution in [0.2, 0.25) is 0 Å². The van der Waals surface area contributed by atoms with E-state index in [1.807, 2.05) is 0 Å². The van der Waals surface area contributed by atoms with Gasteiger partial charge in [-0.25, -0.2) is 4.39 Å². The highest BCUT2D eigenvalue weighted by molar-refractivity contribution is 5.55. The number of aromatic nitrogens is 2. The molecule has 2 N–H and O–H groups in total. The van der Waals surface area contributed by atoms with Gasteiger partial charge in [0.05, 0.1) is 6.61 Å². The predicted molar refractivity (Wildman–Crippen MR) is 63.2 cm³/mol. The summed E-state index contributed by atoms with van der Waals surface area (Å²) in [5.41, 5.74) is 6.99. The van der Waals surface area contributed by atoms with Gasteiger partial charge < -0.3 is 15.0 Å². The molecule has 2 rings (SSSR count). The zero-order chi connectivity index (χ0) is 13.1. The van der Waals surface area contributed by atoms with Crippen molar-refractivity contribution in [1.29, 1.82) is 0 Å². The highest BCUT2D eigenvalue weighted by Crippen LogP contribution is 2.20. The Morgan fingerprint density at radius 3 is 2.94 bits per heavy atom. The molecule has 1 aromatic carbocycles. The highest BCUT2D eigenvalue weighted by Gasteiger charge is 2.15. The number of benzene rings is 1. The Labute approximate surface area is 104 Å². The molecule has 2 aromatic rings. The van der Waals surface area contributed by atoms with Gasteiger partial charge in [-0.1, -0.05) is 5.16 Å². The number of halogens is 1. The lowest BCUT2D eigenvalue weighted by molar-refractivity contribution is 0.166. The van der Waals surface area contributed by atoms with Crippen molar-refractivity contribution in [2.24, 2.45) is 5.73 Å². The van der Waals surface area contributed by atoms with E-state index in [0.717, 1.165) is 0 Å². The lowest BCUT2D eigenvalue weighted by Gasteiger charge is -2.03. The van der Waals surface area contributed by atoms with E-state index in [-0.39, 0.29) is 5.82 Å². The Hall–Kier alpha value is -1.79. The average molecular weight is 251 g/mol. The van der Waals surface area contributed by atoms with E-state index < -0.39 is 6.04 Å². The summed E-state index contributed by atoms with van der Waals surface area (Å²) in [6.07, 6.45) is 0. The highest BCUT2D eigenvalue weighted by atomic mass is 19.1. The van der Waals surface area contributed by atoms with E-state index >= 15 is 0 Å². The van der Waals surface area contributed by atoms with Gasteiger partial charge in [-0.2, -0.15) is 4.98 Å². The Balaban J connectivity index is 2.26. The lowest BCUT2D eigenvalue weighted by Crippen LogP contribution is -2.16. The molecule has 0 saturated carbocycles. The molecule has 96 valence electrons. The van der Waals surface area contributed by atoms with Crippen LogP contribution in [0.1, 0.15) is 17.5 Å². The molecule has 0 aliphatic carbocycles. The second-order valence-corrected chi connectivity index (χ2v) is 3.98. The first-order chi connectivity index (χ1) is 8.61. The second kappa shape index (κ2) is 5.24. The molecule has 1 aromatic heterocycles. The quantitative estimate of drug-likeness (QED) is 0.897. The maximum atomic E-state index is 13.1. The van der Waals surface area contributed by atoms with Crippen LogP contribution in [0.25, 0.3) is 11.4 Å². The molecule has 18 heavy (non-hydrogen) atoms. The summed E-state index contributed by atoms with van der Waals surface area (Å²) < 4.78 is 23.1. The topological polar surface area (TPSA) is 74.2 Å². The number of aryl methyl sites for hydroxylation is 1. The van der Waals surface area contributed by atoms with Gasteiger partial charge in [0.25, 0.3) is 0 Å². The largest absolute Gasteiger partial charge is 0.383 e. The normalized spacial score (nSPS) is 12.7. The summed E-state index contributed by atoms with van der Waals surface area (Å²) in [5.74, 6) is 0.423. The molecule has 0 fully saturated rings. The fraction of sp³-hybridized carbons (Fsp3) is 0.333. The summed E-state index contributed by atoms with van der Waals surface area (Å²) in [6, 6.07) is 4.17. The van der Waals surface area contributed by atoms with E-state index in [9.17, 15) is 4.39 Å². The van der Waals surface area contributed by atoms with Crippen LogP contribution in [0.15, 0.2) is 22.7 Å². The van der Waals surface area contributed by atoms with Crippen LogP contribution in [0.3, 0.4) is 0 Å². The molecule has 0 bridgehead atoms. The molecule has 1 heterocycles.